The first kappa shape index (κ1) is 11.3. The summed E-state index contributed by atoms with van der Waals surface area (Å²) < 4.78 is 0. The van der Waals surface area contributed by atoms with Crippen molar-refractivity contribution in [3.8, 4) is 0 Å². The van der Waals surface area contributed by atoms with Crippen molar-refractivity contribution < 1.29 is 5.11 Å². The van der Waals surface area contributed by atoms with E-state index >= 15 is 0 Å². The van der Waals surface area contributed by atoms with Crippen molar-refractivity contribution in [1.82, 2.24) is 0 Å². The van der Waals surface area contributed by atoms with E-state index in [0.717, 1.165) is 5.56 Å². The lowest BCUT2D eigenvalue weighted by Gasteiger charge is -2.33. The Morgan fingerprint density at radius 3 is 2.00 bits per heavy atom. The Kier molecular flexibility index (Phi) is 3.33. The van der Waals surface area contributed by atoms with Crippen LogP contribution in [0.1, 0.15) is 33.3 Å². The van der Waals surface area contributed by atoms with Gasteiger partial charge in [0.05, 0.1) is 5.60 Å². The molecule has 0 fully saturated rings. The highest BCUT2D eigenvalue weighted by Crippen LogP contribution is 2.33. The van der Waals surface area contributed by atoms with Crippen molar-refractivity contribution in [2.24, 2.45) is 11.8 Å². The number of hydrogen-bond acceptors (Lipinski definition) is 1. The van der Waals surface area contributed by atoms with Gasteiger partial charge in [-0.05, 0) is 24.3 Å². The zero-order chi connectivity index (χ0) is 10.8. The highest BCUT2D eigenvalue weighted by Gasteiger charge is 2.31. The SMILES string of the molecule is CC(C)C(C)C(C)(O)c1ccccc1. The first-order chi connectivity index (χ1) is 6.46. The van der Waals surface area contributed by atoms with Gasteiger partial charge in [-0.25, -0.2) is 0 Å². The summed E-state index contributed by atoms with van der Waals surface area (Å²) in [6.07, 6.45) is 0. The Balaban J connectivity index is 2.96. The highest BCUT2D eigenvalue weighted by atomic mass is 16.3. The molecular formula is C13H20O. The van der Waals surface area contributed by atoms with Gasteiger partial charge in [-0.15, -0.1) is 0 Å². The fourth-order valence-corrected chi connectivity index (χ4v) is 1.69. The van der Waals surface area contributed by atoms with E-state index in [1.807, 2.05) is 37.3 Å². The minimum Gasteiger partial charge on any atom is -0.385 e. The van der Waals surface area contributed by atoms with Crippen molar-refractivity contribution >= 4 is 0 Å². The van der Waals surface area contributed by atoms with Crippen molar-refractivity contribution in [2.45, 2.75) is 33.3 Å². The maximum absolute atomic E-state index is 10.4. The summed E-state index contributed by atoms with van der Waals surface area (Å²) in [5, 5.41) is 10.4. The molecule has 0 aromatic heterocycles. The topological polar surface area (TPSA) is 20.2 Å². The van der Waals surface area contributed by atoms with Crippen LogP contribution in [0, 0.1) is 11.8 Å². The highest BCUT2D eigenvalue weighted by molar-refractivity contribution is 5.22. The molecule has 1 aromatic rings. The van der Waals surface area contributed by atoms with Gasteiger partial charge in [0.2, 0.25) is 0 Å². The van der Waals surface area contributed by atoms with Gasteiger partial charge in [-0.3, -0.25) is 0 Å². The Morgan fingerprint density at radius 1 is 1.07 bits per heavy atom. The predicted molar refractivity (Wildman–Crippen MR) is 60.0 cm³/mol. The normalized spacial score (nSPS) is 17.9. The number of hydrogen-bond donors (Lipinski definition) is 1. The van der Waals surface area contributed by atoms with Gasteiger partial charge in [-0.1, -0.05) is 51.1 Å². The van der Waals surface area contributed by atoms with Gasteiger partial charge in [0.25, 0.3) is 0 Å². The van der Waals surface area contributed by atoms with Crippen molar-refractivity contribution in [1.29, 1.82) is 0 Å². The second-order valence-electron chi connectivity index (χ2n) is 4.55. The van der Waals surface area contributed by atoms with Crippen molar-refractivity contribution in [3.05, 3.63) is 35.9 Å². The first-order valence-electron chi connectivity index (χ1n) is 5.24. The number of rotatable bonds is 3. The zero-order valence-electron chi connectivity index (χ0n) is 9.49. The molecule has 0 heterocycles. The fourth-order valence-electron chi connectivity index (χ4n) is 1.69. The minimum atomic E-state index is -0.727. The molecule has 1 N–H and O–H groups in total. The van der Waals surface area contributed by atoms with Crippen LogP contribution in [0.5, 0.6) is 0 Å². The second kappa shape index (κ2) is 4.14. The van der Waals surface area contributed by atoms with Gasteiger partial charge >= 0.3 is 0 Å². The Morgan fingerprint density at radius 2 is 1.57 bits per heavy atom. The average Bonchev–Trinajstić information content (AvgIpc) is 2.18. The van der Waals surface area contributed by atoms with Crippen molar-refractivity contribution in [3.63, 3.8) is 0 Å². The summed E-state index contributed by atoms with van der Waals surface area (Å²) in [6.45, 7) is 8.27. The van der Waals surface area contributed by atoms with Crippen LogP contribution >= 0.6 is 0 Å². The molecule has 1 rings (SSSR count). The monoisotopic (exact) mass is 192 g/mol. The van der Waals surface area contributed by atoms with E-state index in [1.54, 1.807) is 0 Å². The zero-order valence-corrected chi connectivity index (χ0v) is 9.49. The lowest BCUT2D eigenvalue weighted by atomic mass is 9.78. The molecular weight excluding hydrogens is 172 g/mol. The Bertz CT molecular complexity index is 275. The lowest BCUT2D eigenvalue weighted by Crippen LogP contribution is -2.33. The van der Waals surface area contributed by atoms with Crippen LogP contribution in [0.25, 0.3) is 0 Å². The molecule has 1 nitrogen and oxygen atoms in total. The van der Waals surface area contributed by atoms with Gasteiger partial charge in [0.1, 0.15) is 0 Å². The molecule has 0 aliphatic rings. The number of aliphatic hydroxyl groups is 1. The maximum Gasteiger partial charge on any atom is 0.0896 e. The van der Waals surface area contributed by atoms with Crippen LogP contribution in [-0.2, 0) is 5.60 Å². The molecule has 2 atom stereocenters. The third-order valence-electron chi connectivity index (χ3n) is 3.24. The van der Waals surface area contributed by atoms with Crippen LogP contribution in [-0.4, -0.2) is 5.11 Å². The van der Waals surface area contributed by atoms with E-state index in [2.05, 4.69) is 20.8 Å². The molecule has 0 radical (unpaired) electrons. The molecule has 0 aliphatic heterocycles. The Hall–Kier alpha value is -0.820. The van der Waals surface area contributed by atoms with Gasteiger partial charge in [0, 0.05) is 0 Å². The molecule has 14 heavy (non-hydrogen) atoms. The summed E-state index contributed by atoms with van der Waals surface area (Å²) in [7, 11) is 0. The summed E-state index contributed by atoms with van der Waals surface area (Å²) in [6, 6.07) is 9.88. The lowest BCUT2D eigenvalue weighted by molar-refractivity contribution is -0.0173. The predicted octanol–water partition coefficient (Wildman–Crippen LogP) is 3.19. The molecule has 0 spiro atoms. The van der Waals surface area contributed by atoms with Gasteiger partial charge in [0.15, 0.2) is 0 Å². The van der Waals surface area contributed by atoms with Crippen LogP contribution in [0.2, 0.25) is 0 Å². The summed E-state index contributed by atoms with van der Waals surface area (Å²) in [4.78, 5) is 0. The van der Waals surface area contributed by atoms with Gasteiger partial charge in [-0.2, -0.15) is 0 Å². The average molecular weight is 192 g/mol. The fraction of sp³-hybridized carbons (Fsp3) is 0.538. The molecule has 0 saturated heterocycles. The maximum atomic E-state index is 10.4. The molecule has 0 aliphatic carbocycles. The van der Waals surface area contributed by atoms with Crippen LogP contribution in [0.15, 0.2) is 30.3 Å². The third kappa shape index (κ3) is 2.16. The first-order valence-corrected chi connectivity index (χ1v) is 5.24. The summed E-state index contributed by atoms with van der Waals surface area (Å²) in [5.74, 6) is 0.732. The molecule has 2 unspecified atom stereocenters. The molecule has 78 valence electrons. The number of benzene rings is 1. The summed E-state index contributed by atoms with van der Waals surface area (Å²) in [5.41, 5.74) is 0.274. The minimum absolute atomic E-state index is 0.255. The summed E-state index contributed by atoms with van der Waals surface area (Å²) >= 11 is 0. The van der Waals surface area contributed by atoms with E-state index in [-0.39, 0.29) is 5.92 Å². The molecule has 0 bridgehead atoms. The standard InChI is InChI=1S/C13H20O/c1-10(2)11(3)13(4,14)12-8-6-5-7-9-12/h5-11,14H,1-4H3. The Labute approximate surface area is 86.8 Å². The second-order valence-corrected chi connectivity index (χ2v) is 4.55. The molecule has 0 amide bonds. The smallest absolute Gasteiger partial charge is 0.0896 e. The third-order valence-corrected chi connectivity index (χ3v) is 3.24. The van der Waals surface area contributed by atoms with Crippen LogP contribution in [0.4, 0.5) is 0 Å². The van der Waals surface area contributed by atoms with E-state index in [1.165, 1.54) is 0 Å². The van der Waals surface area contributed by atoms with Crippen molar-refractivity contribution in [2.75, 3.05) is 0 Å². The quantitative estimate of drug-likeness (QED) is 0.779. The van der Waals surface area contributed by atoms with Crippen LogP contribution < -0.4 is 0 Å². The molecule has 0 saturated carbocycles. The largest absolute Gasteiger partial charge is 0.385 e. The van der Waals surface area contributed by atoms with E-state index < -0.39 is 5.60 Å². The van der Waals surface area contributed by atoms with Gasteiger partial charge < -0.3 is 5.11 Å². The van der Waals surface area contributed by atoms with E-state index in [4.69, 9.17) is 0 Å². The molecule has 1 heteroatoms. The van der Waals surface area contributed by atoms with E-state index in [0.29, 0.717) is 5.92 Å². The molecule has 1 aromatic carbocycles. The van der Waals surface area contributed by atoms with E-state index in [9.17, 15) is 5.11 Å². The van der Waals surface area contributed by atoms with Crippen LogP contribution in [0.3, 0.4) is 0 Å².